The zero-order chi connectivity index (χ0) is 12.5. The van der Waals surface area contributed by atoms with Crippen molar-refractivity contribution in [2.24, 2.45) is 0 Å². The lowest BCUT2D eigenvalue weighted by molar-refractivity contribution is -0.890. The number of nitrogens with zero attached hydrogens (tertiary/aromatic N) is 3. The molecule has 0 bridgehead atoms. The number of hydrogen-bond donors (Lipinski definition) is 2. The van der Waals surface area contributed by atoms with Crippen LogP contribution in [-0.4, -0.2) is 56.8 Å². The molecule has 5 nitrogen and oxygen atoms in total. The fraction of sp³-hybridized carbons (Fsp3) is 0.583. The standard InChI is InChI=1S/C12H22N5/c1-14-11-8-10(13)9-15-12(11)16-4-6-17(2,3)7-5-16/h8-9,14H,4-7,13H2,1-3H3/q+1. The van der Waals surface area contributed by atoms with Gasteiger partial charge < -0.3 is 20.4 Å². The minimum Gasteiger partial charge on any atom is -0.397 e. The Kier molecular flexibility index (Phi) is 3.11. The Morgan fingerprint density at radius 1 is 1.35 bits per heavy atom. The van der Waals surface area contributed by atoms with Crippen molar-refractivity contribution in [3.05, 3.63) is 12.3 Å². The highest BCUT2D eigenvalue weighted by atomic mass is 15.4. The van der Waals surface area contributed by atoms with E-state index in [2.05, 4.69) is 29.3 Å². The van der Waals surface area contributed by atoms with E-state index in [1.807, 2.05) is 13.1 Å². The van der Waals surface area contributed by atoms with E-state index in [9.17, 15) is 0 Å². The number of aromatic nitrogens is 1. The molecule has 5 heteroatoms. The highest BCUT2D eigenvalue weighted by Crippen LogP contribution is 2.26. The van der Waals surface area contributed by atoms with Gasteiger partial charge in [0.1, 0.15) is 0 Å². The summed E-state index contributed by atoms with van der Waals surface area (Å²) in [5.41, 5.74) is 7.46. The predicted molar refractivity (Wildman–Crippen MR) is 72.3 cm³/mol. The van der Waals surface area contributed by atoms with Crippen molar-refractivity contribution in [2.75, 3.05) is 63.3 Å². The smallest absolute Gasteiger partial charge is 0.152 e. The van der Waals surface area contributed by atoms with Crippen LogP contribution >= 0.6 is 0 Å². The van der Waals surface area contributed by atoms with E-state index in [1.165, 1.54) is 0 Å². The number of likely N-dealkylation sites (N-methyl/N-ethyl adjacent to an activating group) is 1. The van der Waals surface area contributed by atoms with Crippen molar-refractivity contribution >= 4 is 17.2 Å². The van der Waals surface area contributed by atoms with Gasteiger partial charge in [-0.05, 0) is 6.07 Å². The molecule has 17 heavy (non-hydrogen) atoms. The monoisotopic (exact) mass is 236 g/mol. The number of nitrogens with two attached hydrogens (primary N) is 1. The van der Waals surface area contributed by atoms with Gasteiger partial charge in [0.2, 0.25) is 0 Å². The zero-order valence-electron chi connectivity index (χ0n) is 10.9. The predicted octanol–water partition coefficient (Wildman–Crippen LogP) is 0.602. The molecule has 0 spiro atoms. The number of nitrogen functional groups attached to an aromatic ring is 1. The zero-order valence-corrected chi connectivity index (χ0v) is 10.9. The van der Waals surface area contributed by atoms with Crippen molar-refractivity contribution in [3.63, 3.8) is 0 Å². The maximum atomic E-state index is 5.75. The molecule has 94 valence electrons. The fourth-order valence-corrected chi connectivity index (χ4v) is 2.13. The van der Waals surface area contributed by atoms with Gasteiger partial charge in [0, 0.05) is 7.05 Å². The first-order valence-corrected chi connectivity index (χ1v) is 6.02. The van der Waals surface area contributed by atoms with Crippen LogP contribution in [0.2, 0.25) is 0 Å². The Balaban J connectivity index is 2.18. The molecule has 1 aromatic rings. The summed E-state index contributed by atoms with van der Waals surface area (Å²) in [4.78, 5) is 6.78. The third kappa shape index (κ3) is 2.61. The summed E-state index contributed by atoms with van der Waals surface area (Å²) < 4.78 is 1.08. The number of quaternary nitrogens is 1. The van der Waals surface area contributed by atoms with Gasteiger partial charge in [0.05, 0.1) is 57.8 Å². The summed E-state index contributed by atoms with van der Waals surface area (Å²) in [6, 6.07) is 1.94. The number of piperazine rings is 1. The lowest BCUT2D eigenvalue weighted by atomic mass is 10.2. The third-order valence-electron chi connectivity index (χ3n) is 3.41. The Hall–Kier alpha value is -1.49. The second-order valence-corrected chi connectivity index (χ2v) is 5.26. The minimum atomic E-state index is 0.700. The maximum absolute atomic E-state index is 5.75. The molecular weight excluding hydrogens is 214 g/mol. The van der Waals surface area contributed by atoms with Crippen molar-refractivity contribution in [2.45, 2.75) is 0 Å². The highest BCUT2D eigenvalue weighted by molar-refractivity contribution is 5.69. The van der Waals surface area contributed by atoms with Gasteiger partial charge in [-0.1, -0.05) is 0 Å². The number of hydrogen-bond acceptors (Lipinski definition) is 4. The molecule has 1 fully saturated rings. The molecule has 0 aromatic carbocycles. The SMILES string of the molecule is CNc1cc(N)cnc1N1CC[N+](C)(C)CC1. The molecule has 0 saturated carbocycles. The largest absolute Gasteiger partial charge is 0.397 e. The summed E-state index contributed by atoms with van der Waals surface area (Å²) in [6.07, 6.45) is 1.73. The van der Waals surface area contributed by atoms with E-state index in [0.717, 1.165) is 42.2 Å². The lowest BCUT2D eigenvalue weighted by Crippen LogP contribution is -2.55. The van der Waals surface area contributed by atoms with Gasteiger partial charge in [-0.2, -0.15) is 0 Å². The van der Waals surface area contributed by atoms with Crippen molar-refractivity contribution in [3.8, 4) is 0 Å². The van der Waals surface area contributed by atoms with Gasteiger partial charge >= 0.3 is 0 Å². The van der Waals surface area contributed by atoms with Crippen molar-refractivity contribution in [1.82, 2.24) is 4.98 Å². The lowest BCUT2D eigenvalue weighted by Gasteiger charge is -2.40. The fourth-order valence-electron chi connectivity index (χ4n) is 2.13. The minimum absolute atomic E-state index is 0.700. The first kappa shape index (κ1) is 12.0. The number of nitrogens with one attached hydrogen (secondary N) is 1. The molecule has 1 aliphatic heterocycles. The van der Waals surface area contributed by atoms with E-state index in [0.29, 0.717) is 5.69 Å². The van der Waals surface area contributed by atoms with Gasteiger partial charge in [0.15, 0.2) is 5.82 Å². The van der Waals surface area contributed by atoms with Crippen LogP contribution in [-0.2, 0) is 0 Å². The van der Waals surface area contributed by atoms with Gasteiger partial charge in [-0.15, -0.1) is 0 Å². The number of rotatable bonds is 2. The molecule has 0 atom stereocenters. The molecule has 2 rings (SSSR count). The molecule has 1 aliphatic rings. The Morgan fingerprint density at radius 3 is 2.59 bits per heavy atom. The summed E-state index contributed by atoms with van der Waals surface area (Å²) in [5.74, 6) is 1.02. The summed E-state index contributed by atoms with van der Waals surface area (Å²) in [5, 5.41) is 3.17. The molecule has 0 aliphatic carbocycles. The van der Waals surface area contributed by atoms with Crippen LogP contribution in [0.4, 0.5) is 17.2 Å². The number of pyridine rings is 1. The Morgan fingerprint density at radius 2 is 2.00 bits per heavy atom. The van der Waals surface area contributed by atoms with Gasteiger partial charge in [-0.25, -0.2) is 4.98 Å². The second-order valence-electron chi connectivity index (χ2n) is 5.26. The molecule has 3 N–H and O–H groups in total. The topological polar surface area (TPSA) is 54.2 Å². The maximum Gasteiger partial charge on any atom is 0.152 e. The Labute approximate surface area is 103 Å². The van der Waals surface area contributed by atoms with Crippen LogP contribution in [0, 0.1) is 0 Å². The van der Waals surface area contributed by atoms with E-state index < -0.39 is 0 Å². The average Bonchev–Trinajstić information content (AvgIpc) is 2.29. The third-order valence-corrected chi connectivity index (χ3v) is 3.41. The Bertz CT molecular complexity index is 392. The molecule has 1 aromatic heterocycles. The van der Waals surface area contributed by atoms with Crippen molar-refractivity contribution in [1.29, 1.82) is 0 Å². The quantitative estimate of drug-likeness (QED) is 0.738. The average molecular weight is 236 g/mol. The van der Waals surface area contributed by atoms with Gasteiger partial charge in [-0.3, -0.25) is 0 Å². The summed E-state index contributed by atoms with van der Waals surface area (Å²) >= 11 is 0. The van der Waals surface area contributed by atoms with Crippen LogP contribution in [0.3, 0.4) is 0 Å². The van der Waals surface area contributed by atoms with Crippen LogP contribution in [0.5, 0.6) is 0 Å². The van der Waals surface area contributed by atoms with Crippen LogP contribution in [0.15, 0.2) is 12.3 Å². The summed E-state index contributed by atoms with van der Waals surface area (Å²) in [6.45, 7) is 4.38. The van der Waals surface area contributed by atoms with Crippen LogP contribution in [0.1, 0.15) is 0 Å². The van der Waals surface area contributed by atoms with E-state index in [-0.39, 0.29) is 0 Å². The normalized spacial score (nSPS) is 19.1. The molecular formula is C12H22N5+. The van der Waals surface area contributed by atoms with E-state index in [1.54, 1.807) is 6.20 Å². The van der Waals surface area contributed by atoms with Gasteiger partial charge in [0.25, 0.3) is 0 Å². The number of anilines is 3. The van der Waals surface area contributed by atoms with E-state index >= 15 is 0 Å². The van der Waals surface area contributed by atoms with E-state index in [4.69, 9.17) is 5.73 Å². The first-order chi connectivity index (χ1) is 8.02. The molecule has 0 amide bonds. The molecule has 0 radical (unpaired) electrons. The van der Waals surface area contributed by atoms with Crippen LogP contribution in [0.25, 0.3) is 0 Å². The second kappa shape index (κ2) is 4.41. The molecule has 2 heterocycles. The first-order valence-electron chi connectivity index (χ1n) is 6.02. The summed E-state index contributed by atoms with van der Waals surface area (Å²) in [7, 11) is 6.45. The van der Waals surface area contributed by atoms with Crippen LogP contribution < -0.4 is 16.0 Å². The highest BCUT2D eigenvalue weighted by Gasteiger charge is 2.26. The molecule has 0 unspecified atom stereocenters. The molecule has 1 saturated heterocycles. The van der Waals surface area contributed by atoms with Crippen molar-refractivity contribution < 1.29 is 4.48 Å².